The smallest absolute Gasteiger partial charge is 0.244 e. The van der Waals surface area contributed by atoms with Gasteiger partial charge in [-0.3, -0.25) is 9.48 Å². The number of halogens is 1. The van der Waals surface area contributed by atoms with Gasteiger partial charge >= 0.3 is 0 Å². The lowest BCUT2D eigenvalue weighted by Crippen LogP contribution is -2.50. The maximum Gasteiger partial charge on any atom is 0.244 e. The van der Waals surface area contributed by atoms with Gasteiger partial charge in [0, 0.05) is 18.1 Å². The second-order valence-corrected chi connectivity index (χ2v) is 5.82. The number of benzene rings is 1. The van der Waals surface area contributed by atoms with Gasteiger partial charge < -0.3 is 10.6 Å². The Labute approximate surface area is 142 Å². The van der Waals surface area contributed by atoms with Crippen molar-refractivity contribution >= 4 is 24.0 Å². The molecule has 2 heterocycles. The van der Waals surface area contributed by atoms with Crippen LogP contribution in [0.15, 0.2) is 42.7 Å². The number of amides is 1. The van der Waals surface area contributed by atoms with E-state index in [4.69, 9.17) is 0 Å². The fourth-order valence-corrected chi connectivity index (χ4v) is 2.99. The summed E-state index contributed by atoms with van der Waals surface area (Å²) in [5, 5.41) is 10.6. The van der Waals surface area contributed by atoms with Crippen molar-refractivity contribution in [2.45, 2.75) is 38.3 Å². The highest BCUT2D eigenvalue weighted by atomic mass is 35.5. The number of rotatable bonds is 5. The van der Waals surface area contributed by atoms with Gasteiger partial charge in [-0.25, -0.2) is 0 Å². The standard InChI is InChI=1S/C17H22N4O.ClH/c1-2-17(9-3-10-18-17)16(22)20-15-7-5-14(6-8-15)13-21-12-4-11-19-21;/h4-8,11-12,18H,2-3,9-10,13H2,1H3,(H,20,22);1H. The minimum atomic E-state index is -0.395. The molecule has 0 aliphatic carbocycles. The summed E-state index contributed by atoms with van der Waals surface area (Å²) >= 11 is 0. The molecule has 1 fully saturated rings. The highest BCUT2D eigenvalue weighted by Crippen LogP contribution is 2.25. The molecule has 124 valence electrons. The summed E-state index contributed by atoms with van der Waals surface area (Å²) < 4.78 is 1.88. The molecule has 6 heteroatoms. The van der Waals surface area contributed by atoms with Crippen LogP contribution in [0.4, 0.5) is 5.69 Å². The van der Waals surface area contributed by atoms with E-state index < -0.39 is 5.54 Å². The number of carbonyl (C=O) groups excluding carboxylic acids is 1. The first-order valence-electron chi connectivity index (χ1n) is 7.85. The van der Waals surface area contributed by atoms with Gasteiger partial charge in [-0.2, -0.15) is 5.10 Å². The Morgan fingerprint density at radius 3 is 2.74 bits per heavy atom. The van der Waals surface area contributed by atoms with E-state index in [9.17, 15) is 4.79 Å². The summed E-state index contributed by atoms with van der Waals surface area (Å²) in [5.41, 5.74) is 1.61. The van der Waals surface area contributed by atoms with Crippen molar-refractivity contribution in [1.29, 1.82) is 0 Å². The van der Waals surface area contributed by atoms with E-state index >= 15 is 0 Å². The van der Waals surface area contributed by atoms with Crippen LogP contribution in [0, 0.1) is 0 Å². The number of hydrogen-bond donors (Lipinski definition) is 2. The predicted molar refractivity (Wildman–Crippen MR) is 93.9 cm³/mol. The monoisotopic (exact) mass is 334 g/mol. The van der Waals surface area contributed by atoms with Crippen LogP contribution in [-0.4, -0.2) is 27.8 Å². The Morgan fingerprint density at radius 1 is 1.39 bits per heavy atom. The molecule has 23 heavy (non-hydrogen) atoms. The Hall–Kier alpha value is -1.85. The zero-order chi connectivity index (χ0) is 15.4. The maximum absolute atomic E-state index is 12.5. The van der Waals surface area contributed by atoms with E-state index in [2.05, 4.69) is 22.7 Å². The lowest BCUT2D eigenvalue weighted by molar-refractivity contribution is -0.122. The first-order chi connectivity index (χ1) is 10.7. The van der Waals surface area contributed by atoms with Crippen LogP contribution in [-0.2, 0) is 11.3 Å². The summed E-state index contributed by atoms with van der Waals surface area (Å²) in [6, 6.07) is 9.87. The van der Waals surface area contributed by atoms with E-state index in [1.807, 2.05) is 41.2 Å². The molecule has 3 rings (SSSR count). The van der Waals surface area contributed by atoms with Crippen molar-refractivity contribution in [2.75, 3.05) is 11.9 Å². The number of nitrogens with zero attached hydrogens (tertiary/aromatic N) is 2. The minimum absolute atomic E-state index is 0. The molecular weight excluding hydrogens is 312 g/mol. The Kier molecular flexibility index (Phi) is 5.80. The van der Waals surface area contributed by atoms with Crippen LogP contribution >= 0.6 is 12.4 Å². The minimum Gasteiger partial charge on any atom is -0.324 e. The van der Waals surface area contributed by atoms with E-state index in [1.54, 1.807) is 6.20 Å². The fourth-order valence-electron chi connectivity index (χ4n) is 2.99. The van der Waals surface area contributed by atoms with Crippen LogP contribution in [0.5, 0.6) is 0 Å². The Balaban J connectivity index is 0.00000192. The molecule has 0 radical (unpaired) electrons. The first-order valence-corrected chi connectivity index (χ1v) is 7.85. The second-order valence-electron chi connectivity index (χ2n) is 5.82. The van der Waals surface area contributed by atoms with Gasteiger partial charge in [0.25, 0.3) is 0 Å². The third-order valence-corrected chi connectivity index (χ3v) is 4.40. The topological polar surface area (TPSA) is 59.0 Å². The van der Waals surface area contributed by atoms with Gasteiger partial charge in [0.1, 0.15) is 0 Å². The summed E-state index contributed by atoms with van der Waals surface area (Å²) in [6.07, 6.45) is 6.49. The number of carbonyl (C=O) groups is 1. The molecule has 1 aliphatic rings. The van der Waals surface area contributed by atoms with Crippen LogP contribution in [0.3, 0.4) is 0 Å². The van der Waals surface area contributed by atoms with Crippen LogP contribution in [0.1, 0.15) is 31.7 Å². The second kappa shape index (κ2) is 7.62. The van der Waals surface area contributed by atoms with E-state index in [1.165, 1.54) is 0 Å². The lowest BCUT2D eigenvalue weighted by Gasteiger charge is -2.26. The van der Waals surface area contributed by atoms with E-state index in [-0.39, 0.29) is 18.3 Å². The largest absolute Gasteiger partial charge is 0.324 e. The molecule has 1 aliphatic heterocycles. The highest BCUT2D eigenvalue weighted by molar-refractivity contribution is 5.98. The van der Waals surface area contributed by atoms with Gasteiger partial charge in [0.05, 0.1) is 12.1 Å². The average Bonchev–Trinajstić information content (AvgIpc) is 3.21. The molecule has 0 spiro atoms. The molecule has 1 aromatic heterocycles. The van der Waals surface area contributed by atoms with Crippen LogP contribution < -0.4 is 10.6 Å². The number of hydrogen-bond acceptors (Lipinski definition) is 3. The molecular formula is C17H23ClN4O. The molecule has 1 amide bonds. The maximum atomic E-state index is 12.5. The summed E-state index contributed by atoms with van der Waals surface area (Å²) in [5.74, 6) is 0.0762. The van der Waals surface area contributed by atoms with Gasteiger partial charge in [0.2, 0.25) is 5.91 Å². The predicted octanol–water partition coefficient (Wildman–Crippen LogP) is 2.82. The molecule has 1 atom stereocenters. The molecule has 5 nitrogen and oxygen atoms in total. The van der Waals surface area contributed by atoms with Crippen molar-refractivity contribution < 1.29 is 4.79 Å². The molecule has 1 unspecified atom stereocenters. The number of aromatic nitrogens is 2. The quantitative estimate of drug-likeness (QED) is 0.884. The normalized spacial score (nSPS) is 20.0. The molecule has 2 aromatic rings. The fraction of sp³-hybridized carbons (Fsp3) is 0.412. The van der Waals surface area contributed by atoms with E-state index in [0.717, 1.165) is 43.6 Å². The molecule has 1 aromatic carbocycles. The molecule has 0 bridgehead atoms. The summed E-state index contributed by atoms with van der Waals surface area (Å²) in [4.78, 5) is 12.5. The first kappa shape index (κ1) is 17.5. The van der Waals surface area contributed by atoms with Gasteiger partial charge in [-0.05, 0) is 49.6 Å². The van der Waals surface area contributed by atoms with Gasteiger partial charge in [-0.1, -0.05) is 19.1 Å². The van der Waals surface area contributed by atoms with Crippen molar-refractivity contribution in [3.63, 3.8) is 0 Å². The SMILES string of the molecule is CCC1(C(=O)Nc2ccc(Cn3cccn3)cc2)CCCN1.Cl. The van der Waals surface area contributed by atoms with Crippen molar-refractivity contribution in [2.24, 2.45) is 0 Å². The van der Waals surface area contributed by atoms with Crippen molar-refractivity contribution in [3.8, 4) is 0 Å². The zero-order valence-electron chi connectivity index (χ0n) is 13.3. The summed E-state index contributed by atoms with van der Waals surface area (Å²) in [7, 11) is 0. The Morgan fingerprint density at radius 2 is 2.17 bits per heavy atom. The van der Waals surface area contributed by atoms with Crippen molar-refractivity contribution in [1.82, 2.24) is 15.1 Å². The number of nitrogens with one attached hydrogen (secondary N) is 2. The molecule has 0 saturated carbocycles. The molecule has 2 N–H and O–H groups in total. The third kappa shape index (κ3) is 3.92. The van der Waals surface area contributed by atoms with Gasteiger partial charge in [0.15, 0.2) is 0 Å². The molecule has 1 saturated heterocycles. The lowest BCUT2D eigenvalue weighted by atomic mass is 9.93. The van der Waals surface area contributed by atoms with Gasteiger partial charge in [-0.15, -0.1) is 12.4 Å². The summed E-state index contributed by atoms with van der Waals surface area (Å²) in [6.45, 7) is 3.72. The zero-order valence-corrected chi connectivity index (χ0v) is 14.1. The Bertz CT molecular complexity index is 619. The van der Waals surface area contributed by atoms with E-state index in [0.29, 0.717) is 0 Å². The van der Waals surface area contributed by atoms with Crippen LogP contribution in [0.2, 0.25) is 0 Å². The highest BCUT2D eigenvalue weighted by Gasteiger charge is 2.38. The van der Waals surface area contributed by atoms with Crippen LogP contribution in [0.25, 0.3) is 0 Å². The third-order valence-electron chi connectivity index (χ3n) is 4.40. The average molecular weight is 335 g/mol. The number of anilines is 1. The van der Waals surface area contributed by atoms with Crippen molar-refractivity contribution in [3.05, 3.63) is 48.3 Å².